The van der Waals surface area contributed by atoms with Crippen molar-refractivity contribution in [3.8, 4) is 11.8 Å². The van der Waals surface area contributed by atoms with Crippen LogP contribution < -0.4 is 0 Å². The average Bonchev–Trinajstić information content (AvgIpc) is 2.33. The third-order valence-corrected chi connectivity index (χ3v) is 5.05. The van der Waals surface area contributed by atoms with Crippen molar-refractivity contribution >= 4 is 15.8 Å². The molecule has 0 amide bonds. The molecule has 1 aromatic rings. The standard InChI is InChI=1S/C14H14O4S/c1-14(9-19(16,17)10-14)8-7-11-3-5-12(6-4-11)13(15)18-2/h3-6H,9-10H2,1-2H3. The summed E-state index contributed by atoms with van der Waals surface area (Å²) < 4.78 is 26.9. The van der Waals surface area contributed by atoms with Crippen LogP contribution in [0, 0.1) is 17.3 Å². The van der Waals surface area contributed by atoms with E-state index in [-0.39, 0.29) is 11.5 Å². The molecule has 0 radical (unpaired) electrons. The van der Waals surface area contributed by atoms with E-state index in [0.717, 1.165) is 5.56 Å². The monoisotopic (exact) mass is 278 g/mol. The Morgan fingerprint density at radius 1 is 1.26 bits per heavy atom. The molecular weight excluding hydrogens is 264 g/mol. The van der Waals surface area contributed by atoms with Gasteiger partial charge in [0.25, 0.3) is 0 Å². The first-order valence-electron chi connectivity index (χ1n) is 5.76. The van der Waals surface area contributed by atoms with E-state index < -0.39 is 21.2 Å². The molecule has 100 valence electrons. The number of carbonyl (C=O) groups excluding carboxylic acids is 1. The van der Waals surface area contributed by atoms with Gasteiger partial charge in [0.2, 0.25) is 0 Å². The van der Waals surface area contributed by atoms with Gasteiger partial charge in [0, 0.05) is 5.56 Å². The number of carbonyl (C=O) groups is 1. The van der Waals surface area contributed by atoms with Gasteiger partial charge in [0.1, 0.15) is 0 Å². The third-order valence-electron chi connectivity index (χ3n) is 2.89. The molecule has 5 heteroatoms. The number of methoxy groups -OCH3 is 1. The average molecular weight is 278 g/mol. The molecule has 0 aromatic heterocycles. The second kappa shape index (κ2) is 4.71. The van der Waals surface area contributed by atoms with Gasteiger partial charge in [-0.25, -0.2) is 13.2 Å². The molecule has 2 rings (SSSR count). The first-order chi connectivity index (χ1) is 8.84. The van der Waals surface area contributed by atoms with Crippen molar-refractivity contribution in [1.29, 1.82) is 0 Å². The lowest BCUT2D eigenvalue weighted by Crippen LogP contribution is -2.45. The molecule has 1 fully saturated rings. The highest BCUT2D eigenvalue weighted by atomic mass is 32.2. The van der Waals surface area contributed by atoms with Crippen LogP contribution in [0.1, 0.15) is 22.8 Å². The summed E-state index contributed by atoms with van der Waals surface area (Å²) >= 11 is 0. The van der Waals surface area contributed by atoms with Gasteiger partial charge in [-0.1, -0.05) is 11.8 Å². The molecule has 0 spiro atoms. The van der Waals surface area contributed by atoms with E-state index in [0.29, 0.717) is 5.56 Å². The van der Waals surface area contributed by atoms with Crippen molar-refractivity contribution in [2.75, 3.05) is 18.6 Å². The topological polar surface area (TPSA) is 60.4 Å². The first kappa shape index (κ1) is 13.6. The summed E-state index contributed by atoms with van der Waals surface area (Å²) in [6.45, 7) is 1.84. The number of rotatable bonds is 1. The first-order valence-corrected chi connectivity index (χ1v) is 7.58. The number of hydrogen-bond acceptors (Lipinski definition) is 4. The molecule has 1 aromatic carbocycles. The van der Waals surface area contributed by atoms with Crippen molar-refractivity contribution in [2.45, 2.75) is 6.92 Å². The van der Waals surface area contributed by atoms with Crippen LogP contribution in [0.4, 0.5) is 0 Å². The Balaban J connectivity index is 2.11. The van der Waals surface area contributed by atoms with Gasteiger partial charge in [0.15, 0.2) is 9.84 Å². The molecule has 1 aliphatic rings. The van der Waals surface area contributed by atoms with Gasteiger partial charge in [0.05, 0.1) is 29.6 Å². The second-order valence-corrected chi connectivity index (χ2v) is 6.98. The Hall–Kier alpha value is -1.80. The van der Waals surface area contributed by atoms with Crippen molar-refractivity contribution in [3.63, 3.8) is 0 Å². The molecule has 1 aliphatic heterocycles. The van der Waals surface area contributed by atoms with Crippen molar-refractivity contribution < 1.29 is 17.9 Å². The maximum absolute atomic E-state index is 11.2. The number of sulfone groups is 1. The van der Waals surface area contributed by atoms with Crippen LogP contribution in [0.15, 0.2) is 24.3 Å². The smallest absolute Gasteiger partial charge is 0.337 e. The highest BCUT2D eigenvalue weighted by Gasteiger charge is 2.43. The quantitative estimate of drug-likeness (QED) is 0.573. The summed E-state index contributed by atoms with van der Waals surface area (Å²) in [4.78, 5) is 11.2. The Labute approximate surface area is 112 Å². The van der Waals surface area contributed by atoms with Crippen LogP contribution in [0.5, 0.6) is 0 Å². The molecule has 0 unspecified atom stereocenters. The largest absolute Gasteiger partial charge is 0.465 e. The Morgan fingerprint density at radius 2 is 1.84 bits per heavy atom. The van der Waals surface area contributed by atoms with Crippen molar-refractivity contribution in [2.24, 2.45) is 5.41 Å². The maximum Gasteiger partial charge on any atom is 0.337 e. The van der Waals surface area contributed by atoms with E-state index in [1.807, 2.05) is 6.92 Å². The van der Waals surface area contributed by atoms with Crippen LogP contribution >= 0.6 is 0 Å². The zero-order chi connectivity index (χ0) is 14.1. The normalized spacial score (nSPS) is 18.6. The highest BCUT2D eigenvalue weighted by molar-refractivity contribution is 7.92. The lowest BCUT2D eigenvalue weighted by Gasteiger charge is -2.32. The molecule has 1 saturated heterocycles. The maximum atomic E-state index is 11.2. The summed E-state index contributed by atoms with van der Waals surface area (Å²) in [6, 6.07) is 6.71. The Kier molecular flexibility index (Phi) is 3.38. The molecule has 0 aliphatic carbocycles. The van der Waals surface area contributed by atoms with Crippen LogP contribution in [0.2, 0.25) is 0 Å². The number of benzene rings is 1. The van der Waals surface area contributed by atoms with Crippen LogP contribution in [0.25, 0.3) is 0 Å². The van der Waals surface area contributed by atoms with Crippen LogP contribution in [-0.2, 0) is 14.6 Å². The van der Waals surface area contributed by atoms with E-state index >= 15 is 0 Å². The van der Waals surface area contributed by atoms with Gasteiger partial charge < -0.3 is 4.74 Å². The number of esters is 1. The molecule has 0 saturated carbocycles. The fraction of sp³-hybridized carbons (Fsp3) is 0.357. The van der Waals surface area contributed by atoms with Crippen LogP contribution in [-0.4, -0.2) is 33.0 Å². The zero-order valence-corrected chi connectivity index (χ0v) is 11.6. The molecule has 4 nitrogen and oxygen atoms in total. The predicted octanol–water partition coefficient (Wildman–Crippen LogP) is 1.26. The van der Waals surface area contributed by atoms with E-state index in [2.05, 4.69) is 16.6 Å². The van der Waals surface area contributed by atoms with Crippen molar-refractivity contribution in [1.82, 2.24) is 0 Å². The fourth-order valence-electron chi connectivity index (χ4n) is 2.03. The highest BCUT2D eigenvalue weighted by Crippen LogP contribution is 2.31. The lowest BCUT2D eigenvalue weighted by molar-refractivity contribution is 0.0600. The SMILES string of the molecule is COC(=O)c1ccc(C#CC2(C)CS(=O)(=O)C2)cc1. The summed E-state index contributed by atoms with van der Waals surface area (Å²) in [7, 11) is -1.55. The van der Waals surface area contributed by atoms with Crippen LogP contribution in [0.3, 0.4) is 0 Å². The minimum atomic E-state index is -2.88. The fourth-order valence-corrected chi connectivity index (χ4v) is 4.03. The minimum absolute atomic E-state index is 0.118. The molecule has 0 N–H and O–H groups in total. The van der Waals surface area contributed by atoms with Crippen molar-refractivity contribution in [3.05, 3.63) is 35.4 Å². The second-order valence-electron chi connectivity index (χ2n) is 4.91. The lowest BCUT2D eigenvalue weighted by atomic mass is 9.95. The Morgan fingerprint density at radius 3 is 2.32 bits per heavy atom. The van der Waals surface area contributed by atoms with Gasteiger partial charge in [-0.2, -0.15) is 0 Å². The molecule has 0 bridgehead atoms. The van der Waals surface area contributed by atoms with Gasteiger partial charge >= 0.3 is 5.97 Å². The summed E-state index contributed by atoms with van der Waals surface area (Å²) in [5.41, 5.74) is 0.767. The summed E-state index contributed by atoms with van der Waals surface area (Å²) in [5, 5.41) is 0. The van der Waals surface area contributed by atoms with Gasteiger partial charge in [-0.3, -0.25) is 0 Å². The van der Waals surface area contributed by atoms with Gasteiger partial charge in [-0.15, -0.1) is 0 Å². The molecule has 0 atom stereocenters. The summed E-state index contributed by atoms with van der Waals surface area (Å²) in [6.07, 6.45) is 0. The van der Waals surface area contributed by atoms with E-state index in [9.17, 15) is 13.2 Å². The van der Waals surface area contributed by atoms with E-state index in [4.69, 9.17) is 0 Å². The minimum Gasteiger partial charge on any atom is -0.465 e. The number of ether oxygens (including phenoxy) is 1. The number of hydrogen-bond donors (Lipinski definition) is 0. The molecule has 1 heterocycles. The predicted molar refractivity (Wildman–Crippen MR) is 71.4 cm³/mol. The third kappa shape index (κ3) is 3.15. The van der Waals surface area contributed by atoms with E-state index in [1.54, 1.807) is 24.3 Å². The Bertz CT molecular complexity index is 648. The molecular formula is C14H14O4S. The van der Waals surface area contributed by atoms with Gasteiger partial charge in [-0.05, 0) is 31.2 Å². The summed E-state index contributed by atoms with van der Waals surface area (Å²) in [5.74, 6) is 5.77. The van der Waals surface area contributed by atoms with E-state index in [1.165, 1.54) is 7.11 Å². The molecule has 19 heavy (non-hydrogen) atoms. The zero-order valence-electron chi connectivity index (χ0n) is 10.8.